The predicted molar refractivity (Wildman–Crippen MR) is 71.3 cm³/mol. The first-order valence-electron chi connectivity index (χ1n) is 5.82. The van der Waals surface area contributed by atoms with Crippen molar-refractivity contribution in [2.45, 2.75) is 19.5 Å². The van der Waals surface area contributed by atoms with E-state index in [0.29, 0.717) is 6.04 Å². The van der Waals surface area contributed by atoms with E-state index in [9.17, 15) is 0 Å². The zero-order chi connectivity index (χ0) is 11.8. The molecule has 1 aliphatic rings. The van der Waals surface area contributed by atoms with E-state index < -0.39 is 0 Å². The molecule has 0 fully saturated rings. The van der Waals surface area contributed by atoms with Crippen LogP contribution < -0.4 is 5.32 Å². The molecule has 2 aromatic carbocycles. The highest BCUT2D eigenvalue weighted by atomic mass is 35.5. The molecular weight excluding hydrogens is 230 g/mol. The van der Waals surface area contributed by atoms with Gasteiger partial charge in [0.15, 0.2) is 0 Å². The van der Waals surface area contributed by atoms with Crippen molar-refractivity contribution in [1.82, 2.24) is 5.32 Å². The quantitative estimate of drug-likeness (QED) is 0.803. The van der Waals surface area contributed by atoms with Crippen molar-refractivity contribution in [3.05, 3.63) is 69.7 Å². The van der Waals surface area contributed by atoms with Gasteiger partial charge in [0.25, 0.3) is 0 Å². The fraction of sp³-hybridized carbons (Fsp3) is 0.200. The van der Waals surface area contributed by atoms with Gasteiger partial charge in [-0.15, -0.1) is 0 Å². The van der Waals surface area contributed by atoms with Crippen molar-refractivity contribution in [2.24, 2.45) is 0 Å². The third-order valence-corrected chi connectivity index (χ3v) is 3.56. The van der Waals surface area contributed by atoms with Gasteiger partial charge in [-0.05, 0) is 35.7 Å². The minimum Gasteiger partial charge on any atom is -0.302 e. The summed E-state index contributed by atoms with van der Waals surface area (Å²) < 4.78 is 0. The summed E-state index contributed by atoms with van der Waals surface area (Å²) in [4.78, 5) is 0. The summed E-state index contributed by atoms with van der Waals surface area (Å²) in [5.41, 5.74) is 5.26. The fourth-order valence-corrected chi connectivity index (χ4v) is 2.58. The van der Waals surface area contributed by atoms with Gasteiger partial charge in [0.1, 0.15) is 0 Å². The van der Waals surface area contributed by atoms with Gasteiger partial charge in [0, 0.05) is 11.6 Å². The second kappa shape index (κ2) is 4.17. The molecule has 86 valence electrons. The molecule has 17 heavy (non-hydrogen) atoms. The Hall–Kier alpha value is -1.31. The first-order chi connectivity index (χ1) is 8.24. The average Bonchev–Trinajstić information content (AvgIpc) is 2.73. The molecule has 3 rings (SSSR count). The lowest BCUT2D eigenvalue weighted by Gasteiger charge is -2.12. The van der Waals surface area contributed by atoms with E-state index in [1.807, 2.05) is 6.07 Å². The molecule has 1 N–H and O–H groups in total. The van der Waals surface area contributed by atoms with E-state index >= 15 is 0 Å². The van der Waals surface area contributed by atoms with Crippen LogP contribution in [0.15, 0.2) is 42.5 Å². The lowest BCUT2D eigenvalue weighted by Crippen LogP contribution is -2.13. The Kier molecular flexibility index (Phi) is 2.65. The van der Waals surface area contributed by atoms with E-state index in [1.165, 1.54) is 22.3 Å². The second-order valence-electron chi connectivity index (χ2n) is 4.57. The molecule has 1 aliphatic heterocycles. The number of rotatable bonds is 1. The van der Waals surface area contributed by atoms with E-state index in [0.717, 1.165) is 11.6 Å². The normalized spacial score (nSPS) is 18.1. The maximum Gasteiger partial charge on any atom is 0.0582 e. The summed E-state index contributed by atoms with van der Waals surface area (Å²) in [6.45, 7) is 3.01. The monoisotopic (exact) mass is 243 g/mol. The minimum absolute atomic E-state index is 0.308. The molecule has 0 amide bonds. The lowest BCUT2D eigenvalue weighted by molar-refractivity contribution is 0.667. The number of hydrogen-bond acceptors (Lipinski definition) is 1. The van der Waals surface area contributed by atoms with Gasteiger partial charge in [0.05, 0.1) is 6.04 Å². The SMILES string of the molecule is Cc1ccc(C2NCc3cc(Cl)ccc32)cc1. The van der Waals surface area contributed by atoms with Crippen molar-refractivity contribution in [3.8, 4) is 0 Å². The number of aryl methyl sites for hydroxylation is 1. The van der Waals surface area contributed by atoms with Crippen LogP contribution in [-0.4, -0.2) is 0 Å². The van der Waals surface area contributed by atoms with Crippen molar-refractivity contribution in [1.29, 1.82) is 0 Å². The standard InChI is InChI=1S/C15H14ClN/c1-10-2-4-11(5-3-10)15-14-7-6-13(16)8-12(14)9-17-15/h2-8,15,17H,9H2,1H3. The summed E-state index contributed by atoms with van der Waals surface area (Å²) >= 11 is 6.01. The molecule has 1 nitrogen and oxygen atoms in total. The molecule has 0 spiro atoms. The van der Waals surface area contributed by atoms with E-state index in [2.05, 4.69) is 48.6 Å². The molecule has 2 heteroatoms. The molecular formula is C15H14ClN. The minimum atomic E-state index is 0.308. The summed E-state index contributed by atoms with van der Waals surface area (Å²) in [7, 11) is 0. The molecule has 0 bridgehead atoms. The zero-order valence-corrected chi connectivity index (χ0v) is 10.5. The molecule has 0 saturated carbocycles. The van der Waals surface area contributed by atoms with Gasteiger partial charge in [-0.1, -0.05) is 47.5 Å². The maximum absolute atomic E-state index is 6.01. The average molecular weight is 244 g/mol. The van der Waals surface area contributed by atoms with Gasteiger partial charge in [-0.2, -0.15) is 0 Å². The Balaban J connectivity index is 2.01. The van der Waals surface area contributed by atoms with Crippen molar-refractivity contribution in [2.75, 3.05) is 0 Å². The molecule has 1 heterocycles. The van der Waals surface area contributed by atoms with Gasteiger partial charge in [-0.25, -0.2) is 0 Å². The topological polar surface area (TPSA) is 12.0 Å². The highest BCUT2D eigenvalue weighted by Crippen LogP contribution is 2.32. The fourth-order valence-electron chi connectivity index (χ4n) is 2.39. The van der Waals surface area contributed by atoms with Crippen molar-refractivity contribution >= 4 is 11.6 Å². The second-order valence-corrected chi connectivity index (χ2v) is 5.00. The van der Waals surface area contributed by atoms with Crippen LogP contribution in [0.25, 0.3) is 0 Å². The van der Waals surface area contributed by atoms with Crippen LogP contribution in [0.4, 0.5) is 0 Å². The smallest absolute Gasteiger partial charge is 0.0582 e. The van der Waals surface area contributed by atoms with Crippen LogP contribution in [0.3, 0.4) is 0 Å². The van der Waals surface area contributed by atoms with Crippen LogP contribution in [0.5, 0.6) is 0 Å². The Morgan fingerprint density at radius 2 is 1.88 bits per heavy atom. The Bertz CT molecular complexity index is 545. The number of hydrogen-bond donors (Lipinski definition) is 1. The first kappa shape index (κ1) is 10.8. The molecule has 0 aromatic heterocycles. The molecule has 1 atom stereocenters. The number of nitrogens with one attached hydrogen (secondary N) is 1. The van der Waals surface area contributed by atoms with Crippen LogP contribution in [0.1, 0.15) is 28.3 Å². The van der Waals surface area contributed by atoms with Gasteiger partial charge < -0.3 is 5.32 Å². The maximum atomic E-state index is 6.01. The summed E-state index contributed by atoms with van der Waals surface area (Å²) in [5.74, 6) is 0. The molecule has 0 aliphatic carbocycles. The third-order valence-electron chi connectivity index (χ3n) is 3.32. The van der Waals surface area contributed by atoms with Crippen LogP contribution >= 0.6 is 11.6 Å². The van der Waals surface area contributed by atoms with Crippen molar-refractivity contribution in [3.63, 3.8) is 0 Å². The lowest BCUT2D eigenvalue weighted by atomic mass is 9.98. The van der Waals surface area contributed by atoms with Crippen LogP contribution in [-0.2, 0) is 6.54 Å². The highest BCUT2D eigenvalue weighted by Gasteiger charge is 2.22. The third kappa shape index (κ3) is 1.97. The number of fused-ring (bicyclic) bond motifs is 1. The van der Waals surface area contributed by atoms with Gasteiger partial charge >= 0.3 is 0 Å². The zero-order valence-electron chi connectivity index (χ0n) is 9.70. The Morgan fingerprint density at radius 3 is 2.65 bits per heavy atom. The van der Waals surface area contributed by atoms with E-state index in [4.69, 9.17) is 11.6 Å². The molecule has 2 aromatic rings. The molecule has 0 saturated heterocycles. The van der Waals surface area contributed by atoms with Crippen molar-refractivity contribution < 1.29 is 0 Å². The van der Waals surface area contributed by atoms with Gasteiger partial charge in [-0.3, -0.25) is 0 Å². The summed E-state index contributed by atoms with van der Waals surface area (Å²) in [6.07, 6.45) is 0. The first-order valence-corrected chi connectivity index (χ1v) is 6.20. The van der Waals surface area contributed by atoms with Crippen LogP contribution in [0, 0.1) is 6.92 Å². The highest BCUT2D eigenvalue weighted by molar-refractivity contribution is 6.30. The van der Waals surface area contributed by atoms with E-state index in [-0.39, 0.29) is 0 Å². The number of benzene rings is 2. The van der Waals surface area contributed by atoms with Gasteiger partial charge in [0.2, 0.25) is 0 Å². The van der Waals surface area contributed by atoms with Crippen LogP contribution in [0.2, 0.25) is 5.02 Å². The largest absolute Gasteiger partial charge is 0.302 e. The Labute approximate surface area is 106 Å². The molecule has 1 unspecified atom stereocenters. The predicted octanol–water partition coefficient (Wildman–Crippen LogP) is 3.84. The van der Waals surface area contributed by atoms with E-state index in [1.54, 1.807) is 0 Å². The Morgan fingerprint density at radius 1 is 1.12 bits per heavy atom. The number of halogens is 1. The molecule has 0 radical (unpaired) electrons. The summed E-state index contributed by atoms with van der Waals surface area (Å²) in [6, 6.07) is 15.2. The summed E-state index contributed by atoms with van der Waals surface area (Å²) in [5, 5.41) is 4.34.